The fourth-order valence-electron chi connectivity index (χ4n) is 2.63. The molecule has 7 heteroatoms. The first-order chi connectivity index (χ1) is 11.1. The Bertz CT molecular complexity index is 702. The van der Waals surface area contributed by atoms with E-state index in [0.717, 1.165) is 31.5 Å². The number of benzene rings is 1. The van der Waals surface area contributed by atoms with Crippen LogP contribution in [0.3, 0.4) is 0 Å². The average molecular weight is 313 g/mol. The van der Waals surface area contributed by atoms with E-state index in [1.54, 1.807) is 6.92 Å². The summed E-state index contributed by atoms with van der Waals surface area (Å²) >= 11 is 0. The highest BCUT2D eigenvalue weighted by Crippen LogP contribution is 2.13. The summed E-state index contributed by atoms with van der Waals surface area (Å²) in [5, 5.41) is 12.8. The number of nitrogens with one attached hydrogen (secondary N) is 2. The quantitative estimate of drug-likeness (QED) is 0.889. The lowest BCUT2D eigenvalue weighted by Crippen LogP contribution is -2.27. The van der Waals surface area contributed by atoms with Crippen molar-refractivity contribution >= 4 is 11.8 Å². The molecule has 1 saturated heterocycles. The Morgan fingerprint density at radius 1 is 1.17 bits per heavy atom. The molecular weight excluding hydrogens is 294 g/mol. The third kappa shape index (κ3) is 3.39. The lowest BCUT2D eigenvalue weighted by atomic mass is 10.1. The van der Waals surface area contributed by atoms with E-state index in [1.807, 2.05) is 29.2 Å². The number of carbonyl (C=O) groups is 2. The smallest absolute Gasteiger partial charge is 0.274 e. The van der Waals surface area contributed by atoms with Crippen molar-refractivity contribution in [2.24, 2.45) is 0 Å². The van der Waals surface area contributed by atoms with Crippen LogP contribution < -0.4 is 5.32 Å². The molecule has 1 aliphatic rings. The second-order valence-corrected chi connectivity index (χ2v) is 5.64. The van der Waals surface area contributed by atoms with Gasteiger partial charge in [0.05, 0.1) is 5.69 Å². The Morgan fingerprint density at radius 2 is 1.87 bits per heavy atom. The van der Waals surface area contributed by atoms with Crippen molar-refractivity contribution in [2.75, 3.05) is 13.1 Å². The molecule has 1 fully saturated rings. The van der Waals surface area contributed by atoms with Crippen molar-refractivity contribution in [1.29, 1.82) is 0 Å². The van der Waals surface area contributed by atoms with E-state index in [9.17, 15) is 9.59 Å². The van der Waals surface area contributed by atoms with Gasteiger partial charge in [0.2, 0.25) is 0 Å². The third-order valence-electron chi connectivity index (χ3n) is 3.98. The van der Waals surface area contributed by atoms with Crippen LogP contribution in [0.1, 0.15) is 44.9 Å². The summed E-state index contributed by atoms with van der Waals surface area (Å²) in [7, 11) is 0. The van der Waals surface area contributed by atoms with Gasteiger partial charge in [0.1, 0.15) is 0 Å². The van der Waals surface area contributed by atoms with Crippen molar-refractivity contribution in [3.63, 3.8) is 0 Å². The first-order valence-electron chi connectivity index (χ1n) is 7.69. The predicted octanol–water partition coefficient (Wildman–Crippen LogP) is 1.28. The lowest BCUT2D eigenvalue weighted by molar-refractivity contribution is 0.0792. The van der Waals surface area contributed by atoms with Gasteiger partial charge in [-0.2, -0.15) is 15.4 Å². The Labute approximate surface area is 134 Å². The summed E-state index contributed by atoms with van der Waals surface area (Å²) in [5.41, 5.74) is 2.48. The predicted molar refractivity (Wildman–Crippen MR) is 83.9 cm³/mol. The van der Waals surface area contributed by atoms with Gasteiger partial charge in [-0.25, -0.2) is 0 Å². The van der Waals surface area contributed by atoms with Gasteiger partial charge in [0.15, 0.2) is 5.69 Å². The van der Waals surface area contributed by atoms with Crippen LogP contribution in [0.15, 0.2) is 24.3 Å². The standard InChI is InChI=1S/C16H19N5O2/c1-11-14(19-20-18-11)15(22)17-10-12-4-6-13(7-5-12)16(23)21-8-2-3-9-21/h4-7H,2-3,8-10H2,1H3,(H,17,22)(H,18,19,20). The molecule has 0 atom stereocenters. The monoisotopic (exact) mass is 313 g/mol. The van der Waals surface area contributed by atoms with Crippen LogP contribution in [0.2, 0.25) is 0 Å². The highest BCUT2D eigenvalue weighted by atomic mass is 16.2. The largest absolute Gasteiger partial charge is 0.347 e. The molecule has 1 aromatic carbocycles. The molecule has 2 N–H and O–H groups in total. The molecule has 1 aliphatic heterocycles. The number of nitrogens with zero attached hydrogens (tertiary/aromatic N) is 3. The highest BCUT2D eigenvalue weighted by Gasteiger charge is 2.19. The van der Waals surface area contributed by atoms with Crippen molar-refractivity contribution in [3.05, 3.63) is 46.8 Å². The summed E-state index contributed by atoms with van der Waals surface area (Å²) < 4.78 is 0. The number of aryl methyl sites for hydroxylation is 1. The van der Waals surface area contributed by atoms with Crippen LogP contribution in [-0.4, -0.2) is 45.2 Å². The molecule has 7 nitrogen and oxygen atoms in total. The summed E-state index contributed by atoms with van der Waals surface area (Å²) in [5.74, 6) is -0.190. The maximum absolute atomic E-state index is 12.3. The number of H-pyrrole nitrogens is 1. The van der Waals surface area contributed by atoms with Crippen LogP contribution in [0.5, 0.6) is 0 Å². The number of hydrogen-bond acceptors (Lipinski definition) is 4. The van der Waals surface area contributed by atoms with Gasteiger partial charge in [-0.1, -0.05) is 12.1 Å². The summed E-state index contributed by atoms with van der Waals surface area (Å²) in [6.45, 7) is 3.78. The molecule has 2 aromatic rings. The number of aromatic amines is 1. The van der Waals surface area contributed by atoms with Gasteiger partial charge in [0.25, 0.3) is 11.8 Å². The van der Waals surface area contributed by atoms with Gasteiger partial charge in [-0.3, -0.25) is 9.59 Å². The molecule has 0 aliphatic carbocycles. The van der Waals surface area contributed by atoms with Gasteiger partial charge in [0, 0.05) is 25.2 Å². The second kappa shape index (κ2) is 6.60. The van der Waals surface area contributed by atoms with E-state index in [2.05, 4.69) is 20.7 Å². The minimum Gasteiger partial charge on any atom is -0.347 e. The van der Waals surface area contributed by atoms with Crippen LogP contribution in [0.4, 0.5) is 0 Å². The maximum atomic E-state index is 12.3. The zero-order chi connectivity index (χ0) is 16.2. The Balaban J connectivity index is 1.58. The number of carbonyl (C=O) groups excluding carboxylic acids is 2. The number of rotatable bonds is 4. The second-order valence-electron chi connectivity index (χ2n) is 5.64. The van der Waals surface area contributed by atoms with E-state index >= 15 is 0 Å². The fraction of sp³-hybridized carbons (Fsp3) is 0.375. The Hall–Kier alpha value is -2.70. The van der Waals surface area contributed by atoms with E-state index in [-0.39, 0.29) is 11.8 Å². The molecule has 120 valence electrons. The van der Waals surface area contributed by atoms with Crippen LogP contribution in [-0.2, 0) is 6.54 Å². The normalized spacial score (nSPS) is 14.0. The first-order valence-corrected chi connectivity index (χ1v) is 7.69. The summed E-state index contributed by atoms with van der Waals surface area (Å²) in [4.78, 5) is 26.1. The van der Waals surface area contributed by atoms with E-state index in [1.165, 1.54) is 0 Å². The van der Waals surface area contributed by atoms with Gasteiger partial charge >= 0.3 is 0 Å². The van der Waals surface area contributed by atoms with E-state index < -0.39 is 0 Å². The fourth-order valence-corrected chi connectivity index (χ4v) is 2.63. The molecule has 0 bridgehead atoms. The number of aromatic nitrogens is 3. The topological polar surface area (TPSA) is 91.0 Å². The molecule has 0 spiro atoms. The van der Waals surface area contributed by atoms with Crippen LogP contribution >= 0.6 is 0 Å². The molecular formula is C16H19N5O2. The molecule has 3 rings (SSSR count). The zero-order valence-electron chi connectivity index (χ0n) is 13.0. The van der Waals surface area contributed by atoms with Crippen molar-refractivity contribution in [2.45, 2.75) is 26.3 Å². The minimum absolute atomic E-state index is 0.0799. The molecule has 2 heterocycles. The maximum Gasteiger partial charge on any atom is 0.274 e. The average Bonchev–Trinajstić information content (AvgIpc) is 3.24. The number of hydrogen-bond donors (Lipinski definition) is 2. The van der Waals surface area contributed by atoms with Crippen LogP contribution in [0.25, 0.3) is 0 Å². The van der Waals surface area contributed by atoms with Gasteiger partial charge < -0.3 is 10.2 Å². The van der Waals surface area contributed by atoms with Gasteiger partial charge in [-0.15, -0.1) is 0 Å². The molecule has 0 radical (unpaired) electrons. The SMILES string of the molecule is Cc1n[nH]nc1C(=O)NCc1ccc(C(=O)N2CCCC2)cc1. The van der Waals surface area contributed by atoms with E-state index in [0.29, 0.717) is 23.5 Å². The van der Waals surface area contributed by atoms with Gasteiger partial charge in [-0.05, 0) is 37.5 Å². The number of amides is 2. The zero-order valence-corrected chi connectivity index (χ0v) is 13.0. The highest BCUT2D eigenvalue weighted by molar-refractivity contribution is 5.94. The molecule has 2 amide bonds. The Kier molecular flexibility index (Phi) is 4.36. The first kappa shape index (κ1) is 15.2. The van der Waals surface area contributed by atoms with Crippen LogP contribution in [0, 0.1) is 6.92 Å². The van der Waals surface area contributed by atoms with Crippen molar-refractivity contribution in [3.8, 4) is 0 Å². The molecule has 1 aromatic heterocycles. The van der Waals surface area contributed by atoms with Crippen molar-refractivity contribution in [1.82, 2.24) is 25.6 Å². The van der Waals surface area contributed by atoms with E-state index in [4.69, 9.17) is 0 Å². The number of likely N-dealkylation sites (tertiary alicyclic amines) is 1. The lowest BCUT2D eigenvalue weighted by Gasteiger charge is -2.15. The van der Waals surface area contributed by atoms with Crippen molar-refractivity contribution < 1.29 is 9.59 Å². The third-order valence-corrected chi connectivity index (χ3v) is 3.98. The summed E-state index contributed by atoms with van der Waals surface area (Å²) in [6, 6.07) is 7.34. The molecule has 0 saturated carbocycles. The Morgan fingerprint density at radius 3 is 2.48 bits per heavy atom. The molecule has 0 unspecified atom stereocenters. The minimum atomic E-state index is -0.270. The molecule has 23 heavy (non-hydrogen) atoms. The summed E-state index contributed by atoms with van der Waals surface area (Å²) in [6.07, 6.45) is 2.16.